The number of hydrogen-bond acceptors (Lipinski definition) is 5. The standard InChI is InChI=1S/C26H24N4O2/c31-26(30-17-15-29(16-18-30)19-20-9-3-1-4-10-20)23-14-8-7-13-22(23)25-27-24(28-32-25)21-11-5-2-6-12-21/h1-14H,15-19H2. The van der Waals surface area contributed by atoms with Crippen LogP contribution in [0.1, 0.15) is 15.9 Å². The number of rotatable bonds is 5. The number of piperazine rings is 1. The van der Waals surface area contributed by atoms with Gasteiger partial charge in [0, 0.05) is 38.3 Å². The lowest BCUT2D eigenvalue weighted by Crippen LogP contribution is -2.48. The Bertz CT molecular complexity index is 1180. The molecule has 0 aliphatic carbocycles. The van der Waals surface area contributed by atoms with E-state index in [1.54, 1.807) is 0 Å². The van der Waals surface area contributed by atoms with Crippen molar-refractivity contribution in [3.8, 4) is 22.8 Å². The summed E-state index contributed by atoms with van der Waals surface area (Å²) in [4.78, 5) is 22.2. The summed E-state index contributed by atoms with van der Waals surface area (Å²) < 4.78 is 5.53. The molecule has 32 heavy (non-hydrogen) atoms. The van der Waals surface area contributed by atoms with Gasteiger partial charge in [-0.1, -0.05) is 78.0 Å². The third-order valence-electron chi connectivity index (χ3n) is 5.75. The molecule has 160 valence electrons. The van der Waals surface area contributed by atoms with E-state index in [4.69, 9.17) is 4.52 Å². The minimum atomic E-state index is -0.000535. The molecule has 0 spiro atoms. The van der Waals surface area contributed by atoms with Gasteiger partial charge in [-0.3, -0.25) is 9.69 Å². The molecule has 0 N–H and O–H groups in total. The van der Waals surface area contributed by atoms with Crippen LogP contribution < -0.4 is 0 Å². The Kier molecular flexibility index (Phi) is 5.77. The van der Waals surface area contributed by atoms with Gasteiger partial charge in [0.1, 0.15) is 0 Å². The highest BCUT2D eigenvalue weighted by molar-refractivity contribution is 6.00. The minimum Gasteiger partial charge on any atom is -0.336 e. The predicted octanol–water partition coefficient (Wildman–Crippen LogP) is 4.36. The zero-order valence-corrected chi connectivity index (χ0v) is 17.7. The third-order valence-corrected chi connectivity index (χ3v) is 5.75. The Balaban J connectivity index is 1.30. The number of aromatic nitrogens is 2. The molecule has 0 bridgehead atoms. The smallest absolute Gasteiger partial charge is 0.259 e. The first-order valence-electron chi connectivity index (χ1n) is 10.8. The summed E-state index contributed by atoms with van der Waals surface area (Å²) in [6, 6.07) is 27.6. The molecule has 0 unspecified atom stereocenters. The Hall–Kier alpha value is -3.77. The van der Waals surface area contributed by atoms with Crippen molar-refractivity contribution in [2.24, 2.45) is 0 Å². The van der Waals surface area contributed by atoms with Crippen molar-refractivity contribution in [3.05, 3.63) is 96.1 Å². The molecule has 1 fully saturated rings. The monoisotopic (exact) mass is 424 g/mol. The van der Waals surface area contributed by atoms with Gasteiger partial charge in [-0.05, 0) is 17.7 Å². The molecule has 0 saturated carbocycles. The zero-order valence-electron chi connectivity index (χ0n) is 17.7. The number of amides is 1. The molecule has 3 aromatic carbocycles. The van der Waals surface area contributed by atoms with E-state index in [1.165, 1.54) is 5.56 Å². The summed E-state index contributed by atoms with van der Waals surface area (Å²) in [5.74, 6) is 0.868. The van der Waals surface area contributed by atoms with Gasteiger partial charge in [0.15, 0.2) is 0 Å². The maximum atomic E-state index is 13.4. The van der Waals surface area contributed by atoms with Gasteiger partial charge in [0.05, 0.1) is 11.1 Å². The normalized spacial score (nSPS) is 14.4. The number of benzene rings is 3. The Morgan fingerprint density at radius 2 is 1.47 bits per heavy atom. The van der Waals surface area contributed by atoms with Gasteiger partial charge in [-0.15, -0.1) is 0 Å². The fourth-order valence-corrected chi connectivity index (χ4v) is 4.01. The van der Waals surface area contributed by atoms with E-state index < -0.39 is 0 Å². The van der Waals surface area contributed by atoms with Crippen molar-refractivity contribution in [2.45, 2.75) is 6.54 Å². The molecule has 0 atom stereocenters. The van der Waals surface area contributed by atoms with E-state index in [9.17, 15) is 4.79 Å². The summed E-state index contributed by atoms with van der Waals surface area (Å²) in [7, 11) is 0. The SMILES string of the molecule is O=C(c1ccccc1-c1nc(-c2ccccc2)no1)N1CCN(Cc2ccccc2)CC1. The van der Waals surface area contributed by atoms with E-state index in [0.29, 0.717) is 35.9 Å². The van der Waals surface area contributed by atoms with E-state index in [2.05, 4.69) is 39.3 Å². The topological polar surface area (TPSA) is 62.5 Å². The number of carbonyl (C=O) groups is 1. The average molecular weight is 425 g/mol. The number of nitrogens with zero attached hydrogens (tertiary/aromatic N) is 4. The Labute approximate surface area is 187 Å². The van der Waals surface area contributed by atoms with E-state index in [0.717, 1.165) is 25.2 Å². The molecule has 1 amide bonds. The molecular formula is C26H24N4O2. The third kappa shape index (κ3) is 4.31. The van der Waals surface area contributed by atoms with Crippen LogP contribution in [0.5, 0.6) is 0 Å². The summed E-state index contributed by atoms with van der Waals surface area (Å²) >= 11 is 0. The van der Waals surface area contributed by atoms with E-state index in [1.807, 2.05) is 65.6 Å². The predicted molar refractivity (Wildman–Crippen MR) is 123 cm³/mol. The van der Waals surface area contributed by atoms with E-state index in [-0.39, 0.29) is 5.91 Å². The molecule has 6 nitrogen and oxygen atoms in total. The number of hydrogen-bond donors (Lipinski definition) is 0. The molecule has 6 heteroatoms. The first-order chi connectivity index (χ1) is 15.8. The van der Waals surface area contributed by atoms with Crippen LogP contribution in [-0.2, 0) is 6.54 Å². The highest BCUT2D eigenvalue weighted by Gasteiger charge is 2.25. The largest absolute Gasteiger partial charge is 0.336 e. The molecule has 1 aliphatic heterocycles. The highest BCUT2D eigenvalue weighted by atomic mass is 16.5. The average Bonchev–Trinajstić information content (AvgIpc) is 3.36. The molecule has 1 saturated heterocycles. The zero-order chi connectivity index (χ0) is 21.8. The maximum Gasteiger partial charge on any atom is 0.259 e. The van der Waals surface area contributed by atoms with Crippen LogP contribution in [0.4, 0.5) is 0 Å². The van der Waals surface area contributed by atoms with Crippen LogP contribution in [0.15, 0.2) is 89.5 Å². The van der Waals surface area contributed by atoms with Crippen molar-refractivity contribution >= 4 is 5.91 Å². The second kappa shape index (κ2) is 9.16. The highest BCUT2D eigenvalue weighted by Crippen LogP contribution is 2.26. The van der Waals surface area contributed by atoms with Crippen molar-refractivity contribution in [2.75, 3.05) is 26.2 Å². The fraction of sp³-hybridized carbons (Fsp3) is 0.192. The lowest BCUT2D eigenvalue weighted by Gasteiger charge is -2.35. The van der Waals surface area contributed by atoms with Crippen LogP contribution in [-0.4, -0.2) is 52.0 Å². The summed E-state index contributed by atoms with van der Waals surface area (Å²) in [5, 5.41) is 4.11. The van der Waals surface area contributed by atoms with Crippen molar-refractivity contribution in [1.82, 2.24) is 19.9 Å². The van der Waals surface area contributed by atoms with Crippen LogP contribution in [0, 0.1) is 0 Å². The molecule has 2 heterocycles. The Morgan fingerprint density at radius 3 is 2.22 bits per heavy atom. The molecular weight excluding hydrogens is 400 g/mol. The summed E-state index contributed by atoms with van der Waals surface area (Å²) in [6.45, 7) is 3.99. The number of carbonyl (C=O) groups excluding carboxylic acids is 1. The van der Waals surface area contributed by atoms with Crippen LogP contribution in [0.3, 0.4) is 0 Å². The molecule has 1 aromatic heterocycles. The van der Waals surface area contributed by atoms with Crippen LogP contribution in [0.2, 0.25) is 0 Å². The fourth-order valence-electron chi connectivity index (χ4n) is 4.01. The molecule has 4 aromatic rings. The van der Waals surface area contributed by atoms with Gasteiger partial charge in [-0.25, -0.2) is 0 Å². The molecule has 1 aliphatic rings. The van der Waals surface area contributed by atoms with Gasteiger partial charge in [-0.2, -0.15) is 4.98 Å². The summed E-state index contributed by atoms with van der Waals surface area (Å²) in [5.41, 5.74) is 3.43. The van der Waals surface area contributed by atoms with Crippen LogP contribution in [0.25, 0.3) is 22.8 Å². The second-order valence-electron chi connectivity index (χ2n) is 7.89. The van der Waals surface area contributed by atoms with Gasteiger partial charge in [0.25, 0.3) is 11.8 Å². The molecule has 5 rings (SSSR count). The first-order valence-corrected chi connectivity index (χ1v) is 10.8. The summed E-state index contributed by atoms with van der Waals surface area (Å²) in [6.07, 6.45) is 0. The van der Waals surface area contributed by atoms with Gasteiger partial charge >= 0.3 is 0 Å². The lowest BCUT2D eigenvalue weighted by atomic mass is 10.1. The van der Waals surface area contributed by atoms with Crippen molar-refractivity contribution in [3.63, 3.8) is 0 Å². The van der Waals surface area contributed by atoms with Gasteiger partial charge in [0.2, 0.25) is 5.82 Å². The second-order valence-corrected chi connectivity index (χ2v) is 7.89. The minimum absolute atomic E-state index is 0.000535. The maximum absolute atomic E-state index is 13.4. The van der Waals surface area contributed by atoms with Gasteiger partial charge < -0.3 is 9.42 Å². The van der Waals surface area contributed by atoms with Crippen LogP contribution >= 0.6 is 0 Å². The van der Waals surface area contributed by atoms with Crippen molar-refractivity contribution in [1.29, 1.82) is 0 Å². The first kappa shape index (κ1) is 20.2. The van der Waals surface area contributed by atoms with E-state index >= 15 is 0 Å². The molecule has 0 radical (unpaired) electrons. The quantitative estimate of drug-likeness (QED) is 0.476. The Morgan fingerprint density at radius 1 is 0.812 bits per heavy atom. The lowest BCUT2D eigenvalue weighted by molar-refractivity contribution is 0.0629. The van der Waals surface area contributed by atoms with Crippen molar-refractivity contribution < 1.29 is 9.32 Å².